The molecule has 30 heavy (non-hydrogen) atoms. The molecule has 0 saturated carbocycles. The molecule has 6 nitrogen and oxygen atoms in total. The van der Waals surface area contributed by atoms with Gasteiger partial charge in [0.1, 0.15) is 18.0 Å². The van der Waals surface area contributed by atoms with Gasteiger partial charge in [-0.15, -0.1) is 0 Å². The van der Waals surface area contributed by atoms with Crippen LogP contribution in [0.1, 0.15) is 41.4 Å². The minimum atomic E-state index is -0.0958. The van der Waals surface area contributed by atoms with Gasteiger partial charge in [0.25, 0.3) is 5.91 Å². The molecule has 3 heterocycles. The molecule has 1 aliphatic rings. The molecule has 0 radical (unpaired) electrons. The molecule has 1 N–H and O–H groups in total. The number of pyridine rings is 1. The summed E-state index contributed by atoms with van der Waals surface area (Å²) in [5.74, 6) is 1.23. The molecule has 6 heteroatoms. The van der Waals surface area contributed by atoms with Crippen molar-refractivity contribution in [2.75, 3.05) is 26.2 Å². The summed E-state index contributed by atoms with van der Waals surface area (Å²) < 4.78 is 7.97. The van der Waals surface area contributed by atoms with Crippen LogP contribution in [-0.2, 0) is 6.61 Å². The number of imidazole rings is 1. The van der Waals surface area contributed by atoms with Gasteiger partial charge >= 0.3 is 0 Å². The number of amides is 1. The number of hydrogen-bond donors (Lipinski definition) is 1. The average Bonchev–Trinajstić information content (AvgIpc) is 3.17. The van der Waals surface area contributed by atoms with Gasteiger partial charge < -0.3 is 19.4 Å². The zero-order chi connectivity index (χ0) is 20.9. The van der Waals surface area contributed by atoms with E-state index in [1.807, 2.05) is 54.0 Å². The highest BCUT2D eigenvalue weighted by molar-refractivity contribution is 5.96. The number of para-hydroxylation sites is 1. The molecule has 1 saturated heterocycles. The predicted octanol–water partition coefficient (Wildman–Crippen LogP) is 3.68. The van der Waals surface area contributed by atoms with Crippen LogP contribution < -0.4 is 10.1 Å². The van der Waals surface area contributed by atoms with Crippen molar-refractivity contribution < 1.29 is 9.53 Å². The van der Waals surface area contributed by atoms with Gasteiger partial charge in [-0.05, 0) is 56.0 Å². The lowest BCUT2D eigenvalue weighted by atomic mass is 10.0. The molecular weight excluding hydrogens is 376 g/mol. The monoisotopic (exact) mass is 406 g/mol. The first kappa shape index (κ1) is 20.4. The Hall–Kier alpha value is -2.86. The Morgan fingerprint density at radius 1 is 1.27 bits per heavy atom. The van der Waals surface area contributed by atoms with E-state index in [0.29, 0.717) is 24.5 Å². The maximum absolute atomic E-state index is 12.7. The number of carbonyl (C=O) groups is 1. The highest BCUT2D eigenvalue weighted by Gasteiger charge is 2.17. The number of rotatable bonds is 7. The summed E-state index contributed by atoms with van der Waals surface area (Å²) in [6, 6.07) is 11.4. The predicted molar refractivity (Wildman–Crippen MR) is 118 cm³/mol. The number of hydrogen-bond acceptors (Lipinski definition) is 4. The topological polar surface area (TPSA) is 58.9 Å². The fraction of sp³-hybridized carbons (Fsp3) is 0.417. The van der Waals surface area contributed by atoms with Crippen LogP contribution in [-0.4, -0.2) is 46.4 Å². The molecule has 1 atom stereocenters. The first-order valence-corrected chi connectivity index (χ1v) is 10.8. The van der Waals surface area contributed by atoms with Crippen molar-refractivity contribution in [3.05, 3.63) is 65.6 Å². The number of fused-ring (bicyclic) bond motifs is 1. The Morgan fingerprint density at radius 2 is 2.13 bits per heavy atom. The van der Waals surface area contributed by atoms with Crippen LogP contribution in [0.4, 0.5) is 0 Å². The second-order valence-corrected chi connectivity index (χ2v) is 8.24. The van der Waals surface area contributed by atoms with Gasteiger partial charge in [-0.2, -0.15) is 0 Å². The molecule has 0 aliphatic carbocycles. The van der Waals surface area contributed by atoms with Gasteiger partial charge in [0.15, 0.2) is 0 Å². The number of carbonyl (C=O) groups excluding carboxylic acids is 1. The third-order valence-electron chi connectivity index (χ3n) is 5.69. The second kappa shape index (κ2) is 9.30. The highest BCUT2D eigenvalue weighted by Crippen LogP contribution is 2.20. The highest BCUT2D eigenvalue weighted by atomic mass is 16.5. The summed E-state index contributed by atoms with van der Waals surface area (Å²) in [6.45, 7) is 8.43. The van der Waals surface area contributed by atoms with Gasteiger partial charge in [-0.1, -0.05) is 25.1 Å². The number of aryl methyl sites for hydroxylation is 1. The van der Waals surface area contributed by atoms with Crippen molar-refractivity contribution in [1.29, 1.82) is 0 Å². The lowest BCUT2D eigenvalue weighted by Gasteiger charge is -2.30. The van der Waals surface area contributed by atoms with Crippen molar-refractivity contribution in [2.24, 2.45) is 5.92 Å². The fourth-order valence-corrected chi connectivity index (χ4v) is 4.12. The van der Waals surface area contributed by atoms with E-state index < -0.39 is 0 Å². The first-order valence-electron chi connectivity index (χ1n) is 10.8. The zero-order valence-electron chi connectivity index (χ0n) is 17.8. The summed E-state index contributed by atoms with van der Waals surface area (Å²) in [7, 11) is 0. The summed E-state index contributed by atoms with van der Waals surface area (Å²) >= 11 is 0. The largest absolute Gasteiger partial charge is 0.486 e. The number of nitrogens with one attached hydrogen (secondary N) is 1. The molecule has 158 valence electrons. The van der Waals surface area contributed by atoms with Crippen LogP contribution in [0.25, 0.3) is 5.65 Å². The van der Waals surface area contributed by atoms with E-state index in [1.54, 1.807) is 6.07 Å². The summed E-state index contributed by atoms with van der Waals surface area (Å²) in [5.41, 5.74) is 3.43. The zero-order valence-corrected chi connectivity index (χ0v) is 17.8. The van der Waals surface area contributed by atoms with Crippen molar-refractivity contribution in [3.8, 4) is 5.75 Å². The molecular formula is C24H30N4O2. The van der Waals surface area contributed by atoms with Crippen molar-refractivity contribution in [1.82, 2.24) is 19.6 Å². The maximum Gasteiger partial charge on any atom is 0.255 e. The smallest absolute Gasteiger partial charge is 0.255 e. The normalized spacial score (nSPS) is 17.2. The van der Waals surface area contributed by atoms with E-state index in [0.717, 1.165) is 42.5 Å². The molecule has 2 aromatic heterocycles. The summed E-state index contributed by atoms with van der Waals surface area (Å²) in [5, 5.41) is 3.05. The van der Waals surface area contributed by atoms with E-state index in [9.17, 15) is 4.79 Å². The minimum Gasteiger partial charge on any atom is -0.486 e. The summed E-state index contributed by atoms with van der Waals surface area (Å²) in [4.78, 5) is 19.8. The second-order valence-electron chi connectivity index (χ2n) is 8.24. The van der Waals surface area contributed by atoms with Crippen LogP contribution in [0.3, 0.4) is 0 Å². The third kappa shape index (κ3) is 4.82. The molecule has 0 spiro atoms. The lowest BCUT2D eigenvalue weighted by Crippen LogP contribution is -2.40. The quantitative estimate of drug-likeness (QED) is 0.650. The van der Waals surface area contributed by atoms with E-state index in [-0.39, 0.29) is 5.91 Å². The molecule has 1 amide bonds. The fourth-order valence-electron chi connectivity index (χ4n) is 4.12. The standard InChI is InChI=1S/C24H30N4O2/c1-18-7-5-12-27(15-18)14-11-25-24(29)21-9-3-4-10-22(21)30-17-20-16-28-13-6-8-19(2)23(28)26-20/h3-4,6,8-10,13,16,18H,5,7,11-12,14-15,17H2,1-2H3,(H,25,29). The Kier molecular flexibility index (Phi) is 6.33. The van der Waals surface area contributed by atoms with Crippen molar-refractivity contribution >= 4 is 11.6 Å². The van der Waals surface area contributed by atoms with Crippen LogP contribution in [0.15, 0.2) is 48.8 Å². The average molecular weight is 407 g/mol. The number of likely N-dealkylation sites (tertiary alicyclic amines) is 1. The van der Waals surface area contributed by atoms with E-state index in [2.05, 4.69) is 22.1 Å². The Balaban J connectivity index is 1.35. The molecule has 1 aromatic carbocycles. The number of nitrogens with zero attached hydrogens (tertiary/aromatic N) is 3. The van der Waals surface area contributed by atoms with Gasteiger partial charge in [-0.3, -0.25) is 4.79 Å². The van der Waals surface area contributed by atoms with E-state index >= 15 is 0 Å². The number of aromatic nitrogens is 2. The van der Waals surface area contributed by atoms with E-state index in [4.69, 9.17) is 4.74 Å². The Labute approximate surface area is 177 Å². The maximum atomic E-state index is 12.7. The molecule has 1 unspecified atom stereocenters. The van der Waals surface area contributed by atoms with Crippen LogP contribution in [0, 0.1) is 12.8 Å². The van der Waals surface area contributed by atoms with Crippen LogP contribution in [0.5, 0.6) is 5.75 Å². The molecule has 1 fully saturated rings. The Morgan fingerprint density at radius 3 is 2.97 bits per heavy atom. The van der Waals surface area contributed by atoms with Gasteiger partial charge in [0.05, 0.1) is 11.3 Å². The molecule has 3 aromatic rings. The third-order valence-corrected chi connectivity index (χ3v) is 5.69. The van der Waals surface area contributed by atoms with Gasteiger partial charge in [0, 0.05) is 32.0 Å². The Bertz CT molecular complexity index is 1010. The first-order chi connectivity index (χ1) is 14.6. The van der Waals surface area contributed by atoms with Gasteiger partial charge in [0.2, 0.25) is 0 Å². The molecule has 1 aliphatic heterocycles. The van der Waals surface area contributed by atoms with Gasteiger partial charge in [-0.25, -0.2) is 4.98 Å². The van der Waals surface area contributed by atoms with Crippen molar-refractivity contribution in [3.63, 3.8) is 0 Å². The van der Waals surface area contributed by atoms with Crippen molar-refractivity contribution in [2.45, 2.75) is 33.3 Å². The number of ether oxygens (including phenoxy) is 1. The molecule has 4 rings (SSSR count). The molecule has 0 bridgehead atoms. The lowest BCUT2D eigenvalue weighted by molar-refractivity contribution is 0.0939. The minimum absolute atomic E-state index is 0.0958. The number of benzene rings is 1. The van der Waals surface area contributed by atoms with E-state index in [1.165, 1.54) is 12.8 Å². The van der Waals surface area contributed by atoms with Crippen LogP contribution >= 0.6 is 0 Å². The number of piperidine rings is 1. The summed E-state index contributed by atoms with van der Waals surface area (Å²) in [6.07, 6.45) is 6.49. The van der Waals surface area contributed by atoms with Crippen LogP contribution in [0.2, 0.25) is 0 Å². The SMILES string of the molecule is Cc1cccn2cc(COc3ccccc3C(=O)NCCN3CCCC(C)C3)nc12.